The van der Waals surface area contributed by atoms with E-state index in [0.29, 0.717) is 0 Å². The molecule has 26 heavy (non-hydrogen) atoms. The van der Waals surface area contributed by atoms with Gasteiger partial charge in [-0.1, -0.05) is 30.3 Å². The number of benzene rings is 2. The van der Waals surface area contributed by atoms with Gasteiger partial charge in [-0.2, -0.15) is 18.3 Å². The van der Waals surface area contributed by atoms with E-state index in [1.807, 2.05) is 18.2 Å². The van der Waals surface area contributed by atoms with Gasteiger partial charge in [-0.3, -0.25) is 4.79 Å². The van der Waals surface area contributed by atoms with Crippen molar-refractivity contribution in [2.24, 2.45) is 0 Å². The van der Waals surface area contributed by atoms with Crippen LogP contribution >= 0.6 is 0 Å². The molecular weight excluding hydrogens is 345 g/mol. The smallest absolute Gasteiger partial charge is 0.321 e. The van der Waals surface area contributed by atoms with Gasteiger partial charge >= 0.3 is 6.18 Å². The van der Waals surface area contributed by atoms with E-state index >= 15 is 0 Å². The van der Waals surface area contributed by atoms with Crippen LogP contribution in [0.1, 0.15) is 11.1 Å². The third-order valence-electron chi connectivity index (χ3n) is 3.47. The van der Waals surface area contributed by atoms with Crippen LogP contribution in [0, 0.1) is 0 Å². The van der Waals surface area contributed by atoms with Gasteiger partial charge < -0.3 is 5.32 Å². The summed E-state index contributed by atoms with van der Waals surface area (Å²) in [6, 6.07) is 12.1. The molecule has 3 rings (SSSR count). The molecule has 3 aromatic rings. The summed E-state index contributed by atoms with van der Waals surface area (Å²) in [5.74, 6) is -0.561. The second-order valence-electron chi connectivity index (χ2n) is 5.30. The Kier molecular flexibility index (Phi) is 4.83. The first-order valence-electron chi connectivity index (χ1n) is 7.54. The summed E-state index contributed by atoms with van der Waals surface area (Å²) in [5.41, 5.74) is 0.178. The Labute approximate surface area is 146 Å². The first-order valence-corrected chi connectivity index (χ1v) is 7.54. The average Bonchev–Trinajstić information content (AvgIpc) is 3.14. The molecule has 0 atom stereocenters. The number of rotatable bonds is 4. The van der Waals surface area contributed by atoms with Crippen molar-refractivity contribution in [3.63, 3.8) is 0 Å². The fourth-order valence-corrected chi connectivity index (χ4v) is 2.26. The average molecular weight is 358 g/mol. The molecule has 0 unspecified atom stereocenters. The number of nitrogens with zero attached hydrogens (tertiary/aromatic N) is 3. The maximum Gasteiger partial charge on any atom is 0.416 e. The lowest BCUT2D eigenvalue weighted by molar-refractivity contribution is -0.137. The fourth-order valence-electron chi connectivity index (χ4n) is 2.26. The molecular formula is C18H13F3N4O. The molecule has 0 bridgehead atoms. The number of carbonyl (C=O) groups is 1. The van der Waals surface area contributed by atoms with Gasteiger partial charge in [0.1, 0.15) is 12.7 Å². The number of carbonyl (C=O) groups excluding carboxylic acids is 1. The van der Waals surface area contributed by atoms with E-state index in [2.05, 4.69) is 15.4 Å². The van der Waals surface area contributed by atoms with Crippen LogP contribution < -0.4 is 5.32 Å². The highest BCUT2D eigenvalue weighted by atomic mass is 19.4. The monoisotopic (exact) mass is 358 g/mol. The Balaban J connectivity index is 1.89. The molecule has 8 heteroatoms. The number of amides is 1. The molecule has 5 nitrogen and oxygen atoms in total. The van der Waals surface area contributed by atoms with Crippen molar-refractivity contribution < 1.29 is 18.0 Å². The third kappa shape index (κ3) is 4.15. The van der Waals surface area contributed by atoms with Gasteiger partial charge in [-0.25, -0.2) is 9.67 Å². The summed E-state index contributed by atoms with van der Waals surface area (Å²) in [4.78, 5) is 15.9. The van der Waals surface area contributed by atoms with Gasteiger partial charge in [0.25, 0.3) is 0 Å². The molecule has 0 radical (unpaired) electrons. The molecule has 0 saturated heterocycles. The van der Waals surface area contributed by atoms with Crippen molar-refractivity contribution in [2.45, 2.75) is 6.18 Å². The molecule has 1 N–H and O–H groups in total. The Bertz CT molecular complexity index is 919. The van der Waals surface area contributed by atoms with Crippen LogP contribution in [0.25, 0.3) is 11.8 Å². The highest BCUT2D eigenvalue weighted by Crippen LogP contribution is 2.33. The van der Waals surface area contributed by atoms with Gasteiger partial charge in [-0.15, -0.1) is 0 Å². The van der Waals surface area contributed by atoms with Crippen LogP contribution in [0.15, 0.2) is 67.3 Å². The van der Waals surface area contributed by atoms with Crippen LogP contribution in [0.3, 0.4) is 0 Å². The number of alkyl halides is 3. The Morgan fingerprint density at radius 2 is 1.88 bits per heavy atom. The zero-order chi connectivity index (χ0) is 18.6. The highest BCUT2D eigenvalue weighted by molar-refractivity contribution is 6.03. The molecule has 1 aromatic heterocycles. The second kappa shape index (κ2) is 7.22. The minimum Gasteiger partial charge on any atom is -0.321 e. The van der Waals surface area contributed by atoms with Gasteiger partial charge in [0, 0.05) is 6.08 Å². The number of anilines is 1. The second-order valence-corrected chi connectivity index (χ2v) is 5.30. The lowest BCUT2D eigenvalue weighted by atomic mass is 10.1. The van der Waals surface area contributed by atoms with Crippen molar-refractivity contribution in [3.8, 4) is 5.69 Å². The first-order chi connectivity index (χ1) is 12.4. The van der Waals surface area contributed by atoms with Crippen LogP contribution in [0.4, 0.5) is 18.9 Å². The van der Waals surface area contributed by atoms with Crippen molar-refractivity contribution in [3.05, 3.63) is 78.4 Å². The normalized spacial score (nSPS) is 11.7. The maximum atomic E-state index is 13.0. The van der Waals surface area contributed by atoms with E-state index in [1.165, 1.54) is 29.5 Å². The van der Waals surface area contributed by atoms with Gasteiger partial charge in [0.15, 0.2) is 0 Å². The van der Waals surface area contributed by atoms with Crippen molar-refractivity contribution >= 4 is 17.7 Å². The van der Waals surface area contributed by atoms with E-state index in [0.717, 1.165) is 17.7 Å². The zero-order valence-corrected chi connectivity index (χ0v) is 13.3. The van der Waals surface area contributed by atoms with Gasteiger partial charge in [0.2, 0.25) is 5.91 Å². The van der Waals surface area contributed by atoms with Crippen LogP contribution in [-0.4, -0.2) is 20.7 Å². The van der Waals surface area contributed by atoms with Crippen molar-refractivity contribution in [1.82, 2.24) is 14.8 Å². The van der Waals surface area contributed by atoms with E-state index < -0.39 is 17.6 Å². The zero-order valence-electron chi connectivity index (χ0n) is 13.3. The first kappa shape index (κ1) is 17.4. The lowest BCUT2D eigenvalue weighted by Gasteiger charge is -2.13. The number of hydrogen-bond acceptors (Lipinski definition) is 3. The fraction of sp³-hybridized carbons (Fsp3) is 0.0556. The van der Waals surface area contributed by atoms with E-state index in [9.17, 15) is 18.0 Å². The molecule has 0 aliphatic heterocycles. The van der Waals surface area contributed by atoms with Gasteiger partial charge in [-0.05, 0) is 29.8 Å². The summed E-state index contributed by atoms with van der Waals surface area (Å²) < 4.78 is 40.2. The van der Waals surface area contributed by atoms with E-state index in [1.54, 1.807) is 18.2 Å². The van der Waals surface area contributed by atoms with Crippen molar-refractivity contribution in [1.29, 1.82) is 0 Å². The summed E-state index contributed by atoms with van der Waals surface area (Å²) in [5, 5.41) is 6.36. The number of nitrogens with one attached hydrogen (secondary N) is 1. The summed E-state index contributed by atoms with van der Waals surface area (Å²) in [7, 11) is 0. The Morgan fingerprint density at radius 3 is 2.54 bits per heavy atom. The van der Waals surface area contributed by atoms with E-state index in [-0.39, 0.29) is 11.4 Å². The highest BCUT2D eigenvalue weighted by Gasteiger charge is 2.31. The topological polar surface area (TPSA) is 59.8 Å². The maximum absolute atomic E-state index is 13.0. The largest absolute Gasteiger partial charge is 0.416 e. The molecule has 1 heterocycles. The number of halogens is 3. The predicted octanol–water partition coefficient (Wildman–Crippen LogP) is 3.94. The van der Waals surface area contributed by atoms with Gasteiger partial charge in [0.05, 0.1) is 16.9 Å². The molecule has 0 saturated carbocycles. The quantitative estimate of drug-likeness (QED) is 0.719. The number of aromatic nitrogens is 3. The predicted molar refractivity (Wildman–Crippen MR) is 90.5 cm³/mol. The Hall–Kier alpha value is -3.42. The van der Waals surface area contributed by atoms with E-state index in [4.69, 9.17) is 0 Å². The van der Waals surface area contributed by atoms with Crippen molar-refractivity contribution in [2.75, 3.05) is 5.32 Å². The minimum atomic E-state index is -4.53. The molecule has 0 aliphatic rings. The minimum absolute atomic E-state index is 0.0203. The van der Waals surface area contributed by atoms with Crippen LogP contribution in [0.5, 0.6) is 0 Å². The Morgan fingerprint density at radius 1 is 1.12 bits per heavy atom. The summed E-state index contributed by atoms with van der Waals surface area (Å²) >= 11 is 0. The molecule has 2 aromatic carbocycles. The van der Waals surface area contributed by atoms with Crippen LogP contribution in [0.2, 0.25) is 0 Å². The molecule has 0 spiro atoms. The standard InChI is InChI=1S/C18H13F3N4O/c19-18(20,21)14-7-8-16(25-12-22-11-23-25)15(10-14)24-17(26)9-6-13-4-2-1-3-5-13/h1-12H,(H,24,26)/b9-6+. The number of hydrogen-bond donors (Lipinski definition) is 1. The molecule has 0 aliphatic carbocycles. The SMILES string of the molecule is O=C(/C=C/c1ccccc1)Nc1cc(C(F)(F)F)ccc1-n1cncn1. The lowest BCUT2D eigenvalue weighted by Crippen LogP contribution is -2.13. The molecule has 132 valence electrons. The molecule has 0 fully saturated rings. The van der Waals surface area contributed by atoms with Crippen LogP contribution in [-0.2, 0) is 11.0 Å². The summed E-state index contributed by atoms with van der Waals surface area (Å²) in [6.45, 7) is 0. The molecule has 1 amide bonds. The summed E-state index contributed by atoms with van der Waals surface area (Å²) in [6.07, 6.45) is 0.871. The third-order valence-corrected chi connectivity index (χ3v) is 3.47.